The molecule has 1 aromatic rings. The van der Waals surface area contributed by atoms with Gasteiger partial charge in [-0.1, -0.05) is 33.3 Å². The Bertz CT molecular complexity index is 371. The third kappa shape index (κ3) is 5.34. The molecule has 3 heteroatoms. The van der Waals surface area contributed by atoms with Gasteiger partial charge >= 0.3 is 0 Å². The van der Waals surface area contributed by atoms with Gasteiger partial charge in [-0.15, -0.1) is 0 Å². The average molecular weight is 350 g/mol. The van der Waals surface area contributed by atoms with Crippen LogP contribution in [0, 0.1) is 14.8 Å². The first-order valence-electron chi connectivity index (χ1n) is 5.92. The molecule has 0 fully saturated rings. The maximum Gasteiger partial charge on any atom is 0.124 e. The van der Waals surface area contributed by atoms with Crippen molar-refractivity contribution in [2.75, 3.05) is 0 Å². The summed E-state index contributed by atoms with van der Waals surface area (Å²) in [5.41, 5.74) is 1.14. The van der Waals surface area contributed by atoms with Crippen LogP contribution in [0.3, 0.4) is 0 Å². The molecular formula is C14H20FIO. The molecule has 0 aliphatic rings. The second kappa shape index (κ2) is 6.14. The summed E-state index contributed by atoms with van der Waals surface area (Å²) in [6.45, 7) is 6.59. The highest BCUT2D eigenvalue weighted by Crippen LogP contribution is 2.28. The summed E-state index contributed by atoms with van der Waals surface area (Å²) in [4.78, 5) is 0. The molecule has 0 bridgehead atoms. The molecule has 1 nitrogen and oxygen atoms in total. The molecule has 1 unspecified atom stereocenters. The second-order valence-corrected chi connectivity index (χ2v) is 6.80. The Morgan fingerprint density at radius 1 is 1.35 bits per heavy atom. The summed E-state index contributed by atoms with van der Waals surface area (Å²) in [7, 11) is 0. The summed E-state index contributed by atoms with van der Waals surface area (Å²) in [6, 6.07) is 4.55. The third-order valence-corrected chi connectivity index (χ3v) is 3.66. The highest BCUT2D eigenvalue weighted by Gasteiger charge is 2.14. The maximum atomic E-state index is 12.9. The number of aliphatic hydroxyl groups excluding tert-OH is 1. The molecular weight excluding hydrogens is 330 g/mol. The molecule has 17 heavy (non-hydrogen) atoms. The normalized spacial score (nSPS) is 13.8. The molecule has 0 amide bonds. The predicted molar refractivity (Wildman–Crippen MR) is 77.4 cm³/mol. The van der Waals surface area contributed by atoms with Crippen LogP contribution in [0.15, 0.2) is 18.2 Å². The van der Waals surface area contributed by atoms with Crippen molar-refractivity contribution in [3.05, 3.63) is 33.1 Å². The van der Waals surface area contributed by atoms with E-state index in [1.54, 1.807) is 6.07 Å². The largest absolute Gasteiger partial charge is 0.388 e. The Morgan fingerprint density at radius 2 is 2.00 bits per heavy atom. The number of benzene rings is 1. The van der Waals surface area contributed by atoms with E-state index in [1.807, 2.05) is 0 Å². The first kappa shape index (κ1) is 14.9. The van der Waals surface area contributed by atoms with Crippen molar-refractivity contribution >= 4 is 22.6 Å². The van der Waals surface area contributed by atoms with E-state index < -0.39 is 6.10 Å². The zero-order valence-corrected chi connectivity index (χ0v) is 12.8. The Kier molecular flexibility index (Phi) is 5.38. The molecule has 0 aromatic heterocycles. The lowest BCUT2D eigenvalue weighted by Crippen LogP contribution is -2.07. The molecule has 0 saturated heterocycles. The predicted octanol–water partition coefficient (Wildman–Crippen LogP) is 4.68. The SMILES string of the molecule is CC(C)(C)CCCC(O)c1ccc(F)cc1I. The fourth-order valence-corrected chi connectivity index (χ4v) is 2.59. The molecule has 1 rings (SSSR count). The quantitative estimate of drug-likeness (QED) is 0.782. The van der Waals surface area contributed by atoms with Crippen molar-refractivity contribution in [1.82, 2.24) is 0 Å². The summed E-state index contributed by atoms with van der Waals surface area (Å²) < 4.78 is 13.7. The summed E-state index contributed by atoms with van der Waals surface area (Å²) in [5, 5.41) is 10.1. The second-order valence-electron chi connectivity index (χ2n) is 5.63. The van der Waals surface area contributed by atoms with Crippen molar-refractivity contribution in [2.24, 2.45) is 5.41 Å². The lowest BCUT2D eigenvalue weighted by atomic mass is 9.88. The number of hydrogen-bond acceptors (Lipinski definition) is 1. The fourth-order valence-electron chi connectivity index (χ4n) is 1.75. The molecule has 1 N–H and O–H groups in total. The first-order valence-corrected chi connectivity index (χ1v) is 7.00. The smallest absolute Gasteiger partial charge is 0.124 e. The highest BCUT2D eigenvalue weighted by molar-refractivity contribution is 14.1. The van der Waals surface area contributed by atoms with Gasteiger partial charge in [0.1, 0.15) is 5.82 Å². The molecule has 0 aliphatic heterocycles. The minimum Gasteiger partial charge on any atom is -0.388 e. The van der Waals surface area contributed by atoms with E-state index in [0.717, 1.165) is 28.4 Å². The van der Waals surface area contributed by atoms with Gasteiger partial charge in [0, 0.05) is 3.57 Å². The molecule has 96 valence electrons. The van der Waals surface area contributed by atoms with Crippen LogP contribution < -0.4 is 0 Å². The summed E-state index contributed by atoms with van der Waals surface area (Å²) in [5.74, 6) is -0.250. The van der Waals surface area contributed by atoms with E-state index in [1.165, 1.54) is 12.1 Å². The minimum absolute atomic E-state index is 0.250. The van der Waals surface area contributed by atoms with Crippen molar-refractivity contribution < 1.29 is 9.50 Å². The molecule has 0 radical (unpaired) electrons. The minimum atomic E-state index is -0.482. The van der Waals surface area contributed by atoms with E-state index >= 15 is 0 Å². The third-order valence-electron chi connectivity index (χ3n) is 2.73. The van der Waals surface area contributed by atoms with Gasteiger partial charge in [0.15, 0.2) is 0 Å². The fraction of sp³-hybridized carbons (Fsp3) is 0.571. The number of halogens is 2. The lowest BCUT2D eigenvalue weighted by molar-refractivity contribution is 0.157. The molecule has 0 saturated carbocycles. The van der Waals surface area contributed by atoms with Gasteiger partial charge in [0.05, 0.1) is 6.10 Å². The standard InChI is InChI=1S/C14H20FIO/c1-14(2,3)8-4-5-13(17)11-7-6-10(15)9-12(11)16/h6-7,9,13,17H,4-5,8H2,1-3H3. The number of rotatable bonds is 4. The van der Waals surface area contributed by atoms with Crippen LogP contribution in [0.25, 0.3) is 0 Å². The van der Waals surface area contributed by atoms with Crippen LogP contribution in [0.1, 0.15) is 51.7 Å². The van der Waals surface area contributed by atoms with Gasteiger partial charge in [-0.2, -0.15) is 0 Å². The average Bonchev–Trinajstić information content (AvgIpc) is 2.15. The van der Waals surface area contributed by atoms with Gasteiger partial charge in [0.25, 0.3) is 0 Å². The number of hydrogen-bond donors (Lipinski definition) is 1. The van der Waals surface area contributed by atoms with E-state index in [2.05, 4.69) is 43.4 Å². The van der Waals surface area contributed by atoms with E-state index in [0.29, 0.717) is 5.41 Å². The maximum absolute atomic E-state index is 12.9. The Balaban J connectivity index is 2.55. The van der Waals surface area contributed by atoms with E-state index in [9.17, 15) is 9.50 Å². The summed E-state index contributed by atoms with van der Waals surface area (Å²) >= 11 is 2.07. The molecule has 1 atom stereocenters. The molecule has 1 aromatic carbocycles. The van der Waals surface area contributed by atoms with E-state index in [4.69, 9.17) is 0 Å². The molecule has 0 spiro atoms. The van der Waals surface area contributed by atoms with Gasteiger partial charge in [-0.25, -0.2) is 4.39 Å². The van der Waals surface area contributed by atoms with Crippen LogP contribution in [0.5, 0.6) is 0 Å². The Hall–Kier alpha value is -0.160. The zero-order chi connectivity index (χ0) is 13.1. The van der Waals surface area contributed by atoms with Crippen molar-refractivity contribution in [3.8, 4) is 0 Å². The van der Waals surface area contributed by atoms with Crippen molar-refractivity contribution in [1.29, 1.82) is 0 Å². The lowest BCUT2D eigenvalue weighted by Gasteiger charge is -2.19. The number of aliphatic hydroxyl groups is 1. The zero-order valence-electron chi connectivity index (χ0n) is 10.6. The van der Waals surface area contributed by atoms with E-state index in [-0.39, 0.29) is 5.82 Å². The first-order chi connectivity index (χ1) is 7.79. The highest BCUT2D eigenvalue weighted by atomic mass is 127. The Morgan fingerprint density at radius 3 is 2.53 bits per heavy atom. The van der Waals surface area contributed by atoms with Gasteiger partial charge in [-0.3, -0.25) is 0 Å². The van der Waals surface area contributed by atoms with Crippen molar-refractivity contribution in [3.63, 3.8) is 0 Å². The monoisotopic (exact) mass is 350 g/mol. The van der Waals surface area contributed by atoms with Crippen LogP contribution >= 0.6 is 22.6 Å². The molecule has 0 heterocycles. The topological polar surface area (TPSA) is 20.2 Å². The Labute approximate surface area is 117 Å². The van der Waals surface area contributed by atoms with Crippen LogP contribution in [0.4, 0.5) is 4.39 Å². The summed E-state index contributed by atoms with van der Waals surface area (Å²) in [6.07, 6.45) is 2.32. The van der Waals surface area contributed by atoms with Crippen LogP contribution in [-0.4, -0.2) is 5.11 Å². The van der Waals surface area contributed by atoms with Gasteiger partial charge < -0.3 is 5.11 Å². The van der Waals surface area contributed by atoms with Gasteiger partial charge in [0.2, 0.25) is 0 Å². The van der Waals surface area contributed by atoms with Crippen LogP contribution in [-0.2, 0) is 0 Å². The van der Waals surface area contributed by atoms with Crippen molar-refractivity contribution in [2.45, 2.75) is 46.1 Å². The van der Waals surface area contributed by atoms with Gasteiger partial charge in [-0.05, 0) is 58.5 Å². The molecule has 0 aliphatic carbocycles. The van der Waals surface area contributed by atoms with Crippen LogP contribution in [0.2, 0.25) is 0 Å².